The van der Waals surface area contributed by atoms with E-state index in [4.69, 9.17) is 5.73 Å². The summed E-state index contributed by atoms with van der Waals surface area (Å²) in [5.41, 5.74) is 7.20. The zero-order valence-corrected chi connectivity index (χ0v) is 12.6. The Bertz CT molecular complexity index is 704. The van der Waals surface area contributed by atoms with E-state index in [1.807, 2.05) is 42.3 Å². The van der Waals surface area contributed by atoms with Gasteiger partial charge in [0, 0.05) is 7.05 Å². The van der Waals surface area contributed by atoms with Gasteiger partial charge in [0.2, 0.25) is 0 Å². The highest BCUT2D eigenvalue weighted by atomic mass is 19.3. The SMILES string of the molecule is CN1C[C@@](c2ccccc2)(c2ccc(OC(F)F)cc2)N=C1N. The molecular formula is C17H17F2N3O. The van der Waals surface area contributed by atoms with Crippen LogP contribution in [-0.4, -0.2) is 31.1 Å². The maximum atomic E-state index is 12.3. The van der Waals surface area contributed by atoms with Crippen molar-refractivity contribution >= 4 is 5.96 Å². The van der Waals surface area contributed by atoms with Gasteiger partial charge in [0.15, 0.2) is 5.96 Å². The van der Waals surface area contributed by atoms with Gasteiger partial charge in [-0.25, -0.2) is 4.99 Å². The predicted octanol–water partition coefficient (Wildman–Crippen LogP) is 2.79. The molecule has 0 spiro atoms. The Morgan fingerprint density at radius 2 is 1.70 bits per heavy atom. The van der Waals surface area contributed by atoms with Crippen LogP contribution in [-0.2, 0) is 5.54 Å². The number of ether oxygens (including phenoxy) is 1. The van der Waals surface area contributed by atoms with Crippen LogP contribution >= 0.6 is 0 Å². The number of likely N-dealkylation sites (N-methyl/N-ethyl adjacent to an activating group) is 1. The van der Waals surface area contributed by atoms with E-state index in [0.29, 0.717) is 12.5 Å². The summed E-state index contributed by atoms with van der Waals surface area (Å²) in [7, 11) is 1.87. The molecule has 2 aromatic carbocycles. The van der Waals surface area contributed by atoms with E-state index in [1.54, 1.807) is 12.1 Å². The summed E-state index contributed by atoms with van der Waals surface area (Å²) in [6.07, 6.45) is 0. The first-order valence-corrected chi connectivity index (χ1v) is 7.18. The Morgan fingerprint density at radius 3 is 2.22 bits per heavy atom. The molecule has 2 N–H and O–H groups in total. The van der Waals surface area contributed by atoms with Crippen molar-refractivity contribution in [3.05, 3.63) is 65.7 Å². The highest BCUT2D eigenvalue weighted by molar-refractivity contribution is 5.81. The van der Waals surface area contributed by atoms with Crippen molar-refractivity contribution in [1.82, 2.24) is 4.90 Å². The third-order valence-electron chi connectivity index (χ3n) is 3.97. The van der Waals surface area contributed by atoms with E-state index in [2.05, 4.69) is 9.73 Å². The summed E-state index contributed by atoms with van der Waals surface area (Å²) in [5, 5.41) is 0. The second-order valence-corrected chi connectivity index (χ2v) is 5.46. The van der Waals surface area contributed by atoms with Crippen molar-refractivity contribution < 1.29 is 13.5 Å². The number of hydrogen-bond acceptors (Lipinski definition) is 4. The fourth-order valence-electron chi connectivity index (χ4n) is 2.84. The maximum Gasteiger partial charge on any atom is 0.387 e. The second kappa shape index (κ2) is 5.87. The lowest BCUT2D eigenvalue weighted by molar-refractivity contribution is -0.0498. The van der Waals surface area contributed by atoms with Gasteiger partial charge in [0.1, 0.15) is 11.3 Å². The summed E-state index contributed by atoms with van der Waals surface area (Å²) in [4.78, 5) is 6.54. The number of guanidine groups is 1. The van der Waals surface area contributed by atoms with Crippen molar-refractivity contribution in [1.29, 1.82) is 0 Å². The first-order valence-electron chi connectivity index (χ1n) is 7.18. The zero-order chi connectivity index (χ0) is 16.4. The maximum absolute atomic E-state index is 12.3. The van der Waals surface area contributed by atoms with Crippen LogP contribution in [0.5, 0.6) is 5.75 Å². The average molecular weight is 317 g/mol. The Balaban J connectivity index is 2.04. The van der Waals surface area contributed by atoms with Crippen LogP contribution in [0.25, 0.3) is 0 Å². The van der Waals surface area contributed by atoms with Crippen LogP contribution in [0.2, 0.25) is 0 Å². The lowest BCUT2D eigenvalue weighted by Gasteiger charge is -2.28. The number of nitrogens with zero attached hydrogens (tertiary/aromatic N) is 2. The molecular weight excluding hydrogens is 300 g/mol. The summed E-state index contributed by atoms with van der Waals surface area (Å²) >= 11 is 0. The predicted molar refractivity (Wildman–Crippen MR) is 84.5 cm³/mol. The molecule has 1 heterocycles. The first kappa shape index (κ1) is 15.3. The minimum Gasteiger partial charge on any atom is -0.435 e. The van der Waals surface area contributed by atoms with Gasteiger partial charge in [-0.05, 0) is 23.3 Å². The molecule has 1 aliphatic heterocycles. The van der Waals surface area contributed by atoms with Crippen molar-refractivity contribution in [2.24, 2.45) is 10.7 Å². The molecule has 120 valence electrons. The summed E-state index contributed by atoms with van der Waals surface area (Å²) in [6, 6.07) is 16.3. The lowest BCUT2D eigenvalue weighted by atomic mass is 9.83. The molecule has 0 fully saturated rings. The second-order valence-electron chi connectivity index (χ2n) is 5.46. The topological polar surface area (TPSA) is 50.8 Å². The van der Waals surface area contributed by atoms with Crippen LogP contribution in [0, 0.1) is 0 Å². The molecule has 3 rings (SSSR count). The monoisotopic (exact) mass is 317 g/mol. The number of hydrogen-bond donors (Lipinski definition) is 1. The quantitative estimate of drug-likeness (QED) is 0.943. The smallest absolute Gasteiger partial charge is 0.387 e. The molecule has 0 unspecified atom stereocenters. The average Bonchev–Trinajstić information content (AvgIpc) is 2.85. The third kappa shape index (κ3) is 2.84. The molecule has 6 heteroatoms. The van der Waals surface area contributed by atoms with Gasteiger partial charge in [0.05, 0.1) is 6.54 Å². The molecule has 0 radical (unpaired) electrons. The molecule has 0 aliphatic carbocycles. The number of aliphatic imine (C=N–C) groups is 1. The fraction of sp³-hybridized carbons (Fsp3) is 0.235. The van der Waals surface area contributed by atoms with E-state index < -0.39 is 12.2 Å². The van der Waals surface area contributed by atoms with Gasteiger partial charge in [-0.15, -0.1) is 0 Å². The number of alkyl halides is 2. The summed E-state index contributed by atoms with van der Waals surface area (Å²) in [5.74, 6) is 0.567. The standard InChI is InChI=1S/C17H17F2N3O/c1-22-11-17(21-16(22)20,12-5-3-2-4-6-12)13-7-9-14(10-8-13)23-15(18)19/h2-10,15H,11H2,1H3,(H2,20,21)/t17-/m1/s1. The highest BCUT2D eigenvalue weighted by Gasteiger charge is 2.40. The van der Waals surface area contributed by atoms with Gasteiger partial charge >= 0.3 is 6.61 Å². The first-order chi connectivity index (χ1) is 11.0. The molecule has 0 saturated heterocycles. The van der Waals surface area contributed by atoms with Crippen molar-refractivity contribution in [2.75, 3.05) is 13.6 Å². The van der Waals surface area contributed by atoms with E-state index >= 15 is 0 Å². The van der Waals surface area contributed by atoms with Crippen LogP contribution in [0.15, 0.2) is 59.6 Å². The van der Waals surface area contributed by atoms with E-state index in [0.717, 1.165) is 11.1 Å². The summed E-state index contributed by atoms with van der Waals surface area (Å²) in [6.45, 7) is -2.26. The minimum atomic E-state index is -2.84. The van der Waals surface area contributed by atoms with E-state index in [9.17, 15) is 8.78 Å². The number of rotatable bonds is 4. The third-order valence-corrected chi connectivity index (χ3v) is 3.97. The Hall–Kier alpha value is -2.63. The minimum absolute atomic E-state index is 0.121. The van der Waals surface area contributed by atoms with E-state index in [-0.39, 0.29) is 5.75 Å². The van der Waals surface area contributed by atoms with E-state index in [1.165, 1.54) is 12.1 Å². The van der Waals surface area contributed by atoms with Crippen molar-refractivity contribution in [3.8, 4) is 5.75 Å². The molecule has 2 aromatic rings. The molecule has 0 bridgehead atoms. The Kier molecular flexibility index (Phi) is 3.90. The molecule has 4 nitrogen and oxygen atoms in total. The molecule has 0 amide bonds. The van der Waals surface area contributed by atoms with Crippen molar-refractivity contribution in [2.45, 2.75) is 12.2 Å². The number of halogens is 2. The van der Waals surface area contributed by atoms with Gasteiger partial charge in [-0.1, -0.05) is 42.5 Å². The normalized spacial score (nSPS) is 20.7. The Morgan fingerprint density at radius 1 is 1.09 bits per heavy atom. The molecule has 0 saturated carbocycles. The largest absolute Gasteiger partial charge is 0.435 e. The van der Waals surface area contributed by atoms with Gasteiger partial charge < -0.3 is 15.4 Å². The van der Waals surface area contributed by atoms with Gasteiger partial charge in [0.25, 0.3) is 0 Å². The lowest BCUT2D eigenvalue weighted by Crippen LogP contribution is -2.34. The fourth-order valence-corrected chi connectivity index (χ4v) is 2.84. The molecule has 0 aromatic heterocycles. The number of benzene rings is 2. The molecule has 1 atom stereocenters. The highest BCUT2D eigenvalue weighted by Crippen LogP contribution is 2.38. The van der Waals surface area contributed by atoms with Crippen LogP contribution in [0.4, 0.5) is 8.78 Å². The van der Waals surface area contributed by atoms with Crippen LogP contribution in [0.3, 0.4) is 0 Å². The van der Waals surface area contributed by atoms with Crippen LogP contribution < -0.4 is 10.5 Å². The molecule has 1 aliphatic rings. The number of nitrogens with two attached hydrogens (primary N) is 1. The zero-order valence-electron chi connectivity index (χ0n) is 12.6. The van der Waals surface area contributed by atoms with Gasteiger partial charge in [-0.2, -0.15) is 8.78 Å². The van der Waals surface area contributed by atoms with Crippen LogP contribution in [0.1, 0.15) is 11.1 Å². The van der Waals surface area contributed by atoms with Gasteiger partial charge in [-0.3, -0.25) is 0 Å². The van der Waals surface area contributed by atoms with Crippen molar-refractivity contribution in [3.63, 3.8) is 0 Å². The Labute approximate surface area is 133 Å². The molecule has 23 heavy (non-hydrogen) atoms. The summed E-state index contributed by atoms with van der Waals surface area (Å²) < 4.78 is 29.0.